The number of hydrogen-bond acceptors (Lipinski definition) is 1. The van der Waals surface area contributed by atoms with Crippen LogP contribution >= 0.6 is 11.3 Å². The fraction of sp³-hybridized carbons (Fsp3) is 0. The molecule has 4 aromatic carbocycles. The van der Waals surface area contributed by atoms with Crippen LogP contribution in [0.4, 0.5) is 0 Å². The summed E-state index contributed by atoms with van der Waals surface area (Å²) in [5.41, 5.74) is 6.38. The number of rotatable bonds is 2. The standard InChI is InChI=1S/C24H17BS/c25-20-11-13-23-22(15-20)21-12-10-19(14-24(21)26-23)18-8-6-17(7-9-18)16-4-2-1-3-5-16/h1-15H,25H2. The Balaban J connectivity index is 1.57. The number of hydrogen-bond donors (Lipinski definition) is 0. The Bertz CT molecular complexity index is 1220. The van der Waals surface area contributed by atoms with Crippen LogP contribution in [0.2, 0.25) is 0 Å². The highest BCUT2D eigenvalue weighted by Gasteiger charge is 2.07. The van der Waals surface area contributed by atoms with Gasteiger partial charge in [0.15, 0.2) is 0 Å². The summed E-state index contributed by atoms with van der Waals surface area (Å²) in [6.07, 6.45) is 0. The number of benzene rings is 4. The maximum absolute atomic E-state index is 2.33. The van der Waals surface area contributed by atoms with Gasteiger partial charge in [0.2, 0.25) is 0 Å². The molecule has 0 radical (unpaired) electrons. The van der Waals surface area contributed by atoms with Gasteiger partial charge >= 0.3 is 0 Å². The zero-order valence-electron chi connectivity index (χ0n) is 14.6. The minimum Gasteiger partial charge on any atom is -0.135 e. The normalized spacial score (nSPS) is 11.2. The summed E-state index contributed by atoms with van der Waals surface area (Å²) in [4.78, 5) is 0. The highest BCUT2D eigenvalue weighted by atomic mass is 32.1. The fourth-order valence-electron chi connectivity index (χ4n) is 3.56. The van der Waals surface area contributed by atoms with E-state index in [1.54, 1.807) is 0 Å². The van der Waals surface area contributed by atoms with Crippen molar-refractivity contribution in [1.29, 1.82) is 0 Å². The van der Waals surface area contributed by atoms with Crippen LogP contribution in [0.3, 0.4) is 0 Å². The van der Waals surface area contributed by atoms with Crippen molar-refractivity contribution in [1.82, 2.24) is 0 Å². The van der Waals surface area contributed by atoms with E-state index in [0.717, 1.165) is 0 Å². The van der Waals surface area contributed by atoms with Crippen LogP contribution in [0.5, 0.6) is 0 Å². The van der Waals surface area contributed by atoms with E-state index in [4.69, 9.17) is 0 Å². The Kier molecular flexibility index (Phi) is 3.65. The van der Waals surface area contributed by atoms with Gasteiger partial charge in [-0.15, -0.1) is 11.3 Å². The maximum atomic E-state index is 2.33. The van der Waals surface area contributed by atoms with E-state index in [9.17, 15) is 0 Å². The molecule has 0 nitrogen and oxygen atoms in total. The molecule has 0 bridgehead atoms. The first kappa shape index (κ1) is 15.4. The molecule has 0 aliphatic heterocycles. The predicted octanol–water partition coefficient (Wildman–Crippen LogP) is 5.65. The second kappa shape index (κ2) is 6.15. The van der Waals surface area contributed by atoms with E-state index in [0.29, 0.717) is 0 Å². The molecule has 0 saturated carbocycles. The Morgan fingerprint density at radius 3 is 1.92 bits per heavy atom. The van der Waals surface area contributed by atoms with Crippen LogP contribution in [-0.2, 0) is 0 Å². The smallest absolute Gasteiger partial charge is 0.135 e. The van der Waals surface area contributed by atoms with Crippen LogP contribution in [0.25, 0.3) is 42.4 Å². The zero-order chi connectivity index (χ0) is 17.5. The first-order valence-corrected chi connectivity index (χ1v) is 9.68. The third-order valence-corrected chi connectivity index (χ3v) is 6.09. The molecule has 5 rings (SSSR count). The first-order chi connectivity index (χ1) is 12.8. The quantitative estimate of drug-likeness (QED) is 0.362. The average molecular weight is 348 g/mol. The molecule has 1 heterocycles. The monoisotopic (exact) mass is 348 g/mol. The van der Waals surface area contributed by atoms with E-state index in [-0.39, 0.29) is 0 Å². The van der Waals surface area contributed by atoms with Gasteiger partial charge in [-0.3, -0.25) is 0 Å². The summed E-state index contributed by atoms with van der Waals surface area (Å²) in [5, 5.41) is 2.73. The van der Waals surface area contributed by atoms with Gasteiger partial charge in [-0.1, -0.05) is 84.3 Å². The summed E-state index contributed by atoms with van der Waals surface area (Å²) >= 11 is 1.88. The van der Waals surface area contributed by atoms with Gasteiger partial charge in [-0.25, -0.2) is 0 Å². The van der Waals surface area contributed by atoms with Gasteiger partial charge in [-0.2, -0.15) is 0 Å². The van der Waals surface area contributed by atoms with Crippen molar-refractivity contribution in [2.45, 2.75) is 0 Å². The van der Waals surface area contributed by atoms with Crippen molar-refractivity contribution in [3.8, 4) is 22.3 Å². The molecule has 0 unspecified atom stereocenters. The minimum atomic E-state index is 1.26. The highest BCUT2D eigenvalue weighted by molar-refractivity contribution is 7.25. The molecule has 5 aromatic rings. The van der Waals surface area contributed by atoms with Gasteiger partial charge in [-0.05, 0) is 39.8 Å². The molecule has 26 heavy (non-hydrogen) atoms. The third-order valence-electron chi connectivity index (χ3n) is 4.95. The Morgan fingerprint density at radius 2 is 1.15 bits per heavy atom. The van der Waals surface area contributed by atoms with Gasteiger partial charge in [0.25, 0.3) is 0 Å². The van der Waals surface area contributed by atoms with E-state index in [1.165, 1.54) is 47.9 Å². The van der Waals surface area contributed by atoms with Gasteiger partial charge in [0, 0.05) is 14.8 Å². The second-order valence-electron chi connectivity index (χ2n) is 6.76. The van der Waals surface area contributed by atoms with Crippen molar-refractivity contribution in [3.05, 3.63) is 91.0 Å². The molecule has 1 aromatic heterocycles. The van der Waals surface area contributed by atoms with Crippen LogP contribution < -0.4 is 5.46 Å². The Hall–Kier alpha value is -2.84. The van der Waals surface area contributed by atoms with Crippen molar-refractivity contribution >= 4 is 44.8 Å². The minimum absolute atomic E-state index is 1.26. The average Bonchev–Trinajstić information content (AvgIpc) is 3.06. The predicted molar refractivity (Wildman–Crippen MR) is 118 cm³/mol. The van der Waals surface area contributed by atoms with Crippen LogP contribution in [0.1, 0.15) is 0 Å². The molecule has 0 aliphatic carbocycles. The van der Waals surface area contributed by atoms with E-state index in [2.05, 4.69) is 98.8 Å². The van der Waals surface area contributed by atoms with Crippen LogP contribution in [0.15, 0.2) is 91.0 Å². The highest BCUT2D eigenvalue weighted by Crippen LogP contribution is 2.36. The molecule has 0 atom stereocenters. The summed E-state index contributed by atoms with van der Waals surface area (Å²) in [7, 11) is 2.16. The van der Waals surface area contributed by atoms with E-state index in [1.807, 2.05) is 11.3 Å². The first-order valence-electron chi connectivity index (χ1n) is 8.87. The van der Waals surface area contributed by atoms with E-state index >= 15 is 0 Å². The van der Waals surface area contributed by atoms with Crippen molar-refractivity contribution in [2.24, 2.45) is 0 Å². The van der Waals surface area contributed by atoms with Gasteiger partial charge in [0.1, 0.15) is 7.85 Å². The second-order valence-corrected chi connectivity index (χ2v) is 7.84. The van der Waals surface area contributed by atoms with E-state index < -0.39 is 0 Å². The lowest BCUT2D eigenvalue weighted by molar-refractivity contribution is 1.60. The molecule has 0 aliphatic rings. The summed E-state index contributed by atoms with van der Waals surface area (Å²) < 4.78 is 2.72. The largest absolute Gasteiger partial charge is 0.139 e. The summed E-state index contributed by atoms with van der Waals surface area (Å²) in [5.74, 6) is 0. The molecule has 0 saturated heterocycles. The summed E-state index contributed by atoms with van der Waals surface area (Å²) in [6, 6.07) is 33.0. The molecule has 0 N–H and O–H groups in total. The molecular weight excluding hydrogens is 331 g/mol. The third kappa shape index (κ3) is 2.63. The molecule has 0 amide bonds. The maximum Gasteiger partial charge on any atom is 0.139 e. The lowest BCUT2D eigenvalue weighted by Crippen LogP contribution is -1.98. The Morgan fingerprint density at radius 1 is 0.500 bits per heavy atom. The SMILES string of the molecule is Bc1ccc2sc3cc(-c4ccc(-c5ccccc5)cc4)ccc3c2c1. The topological polar surface area (TPSA) is 0 Å². The number of thiophene rings is 1. The molecule has 0 spiro atoms. The lowest BCUT2D eigenvalue weighted by Gasteiger charge is -2.05. The molecule has 2 heteroatoms. The molecular formula is C24H17BS. The van der Waals surface area contributed by atoms with Crippen molar-refractivity contribution < 1.29 is 0 Å². The lowest BCUT2D eigenvalue weighted by atomic mass is 9.94. The molecule has 122 valence electrons. The zero-order valence-corrected chi connectivity index (χ0v) is 15.4. The van der Waals surface area contributed by atoms with Gasteiger partial charge in [0.05, 0.1) is 0 Å². The van der Waals surface area contributed by atoms with Crippen LogP contribution in [0, 0.1) is 0 Å². The summed E-state index contributed by atoms with van der Waals surface area (Å²) in [6.45, 7) is 0. The van der Waals surface area contributed by atoms with Crippen molar-refractivity contribution in [3.63, 3.8) is 0 Å². The molecule has 0 fully saturated rings. The fourth-order valence-corrected chi connectivity index (χ4v) is 4.68. The van der Waals surface area contributed by atoms with Crippen LogP contribution in [-0.4, -0.2) is 7.85 Å². The van der Waals surface area contributed by atoms with Gasteiger partial charge < -0.3 is 0 Å². The van der Waals surface area contributed by atoms with Crippen molar-refractivity contribution in [2.75, 3.05) is 0 Å². The number of fused-ring (bicyclic) bond motifs is 3. The Labute approximate surface area is 158 Å².